The molecular weight excluding hydrogens is 412 g/mol. The van der Waals surface area contributed by atoms with Crippen molar-refractivity contribution in [1.82, 2.24) is 4.98 Å². The van der Waals surface area contributed by atoms with Gasteiger partial charge < -0.3 is 14.3 Å². The number of quaternary nitrogens is 1. The van der Waals surface area contributed by atoms with Gasteiger partial charge in [-0.3, -0.25) is 9.78 Å². The Kier molecular flexibility index (Phi) is 7.82. The zero-order valence-corrected chi connectivity index (χ0v) is 20.0. The Morgan fingerprint density at radius 1 is 1.06 bits per heavy atom. The lowest BCUT2D eigenvalue weighted by atomic mass is 9.73. The summed E-state index contributed by atoms with van der Waals surface area (Å²) in [5.41, 5.74) is -0.123. The molecule has 178 valence electrons. The van der Waals surface area contributed by atoms with E-state index in [1.165, 1.54) is 0 Å². The summed E-state index contributed by atoms with van der Waals surface area (Å²) < 4.78 is 6.93. The van der Waals surface area contributed by atoms with E-state index in [0.717, 1.165) is 87.6 Å². The highest BCUT2D eigenvalue weighted by molar-refractivity contribution is 5.81. The van der Waals surface area contributed by atoms with Gasteiger partial charge in [0.05, 0.1) is 20.1 Å². The van der Waals surface area contributed by atoms with Gasteiger partial charge in [0.15, 0.2) is 6.10 Å². The van der Waals surface area contributed by atoms with Crippen LogP contribution in [0.4, 0.5) is 0 Å². The monoisotopic (exact) mass is 450 g/mol. The van der Waals surface area contributed by atoms with E-state index in [1.807, 2.05) is 48.7 Å². The van der Waals surface area contributed by atoms with Gasteiger partial charge in [0.25, 0.3) is 0 Å². The van der Waals surface area contributed by atoms with Crippen LogP contribution in [0.15, 0.2) is 54.7 Å². The highest BCUT2D eigenvalue weighted by atomic mass is 16.6. The maximum atomic E-state index is 14.2. The van der Waals surface area contributed by atoms with E-state index in [4.69, 9.17) is 4.74 Å². The number of esters is 1. The van der Waals surface area contributed by atoms with Crippen molar-refractivity contribution in [3.8, 4) is 0 Å². The fourth-order valence-corrected chi connectivity index (χ4v) is 5.82. The molecule has 5 heteroatoms. The standard InChI is InChI=1S/C28H38N2O3/c1-30(20-10-17-25-16-8-9-19-29-25)21-11-18-26(22-30)33-27(31)28(32,23-12-4-2-5-13-23)24-14-6-3-7-15-24/h2,4-5,8-9,12-13,16,19,24,26H,3,6-7,10-11,14-15,17-18,20-22H2,1H3/t26?,28?,30-/m1/s1. The van der Waals surface area contributed by atoms with Gasteiger partial charge in [-0.05, 0) is 36.5 Å². The second-order valence-electron chi connectivity index (χ2n) is 10.3. The normalized spacial score (nSPS) is 25.8. The van der Waals surface area contributed by atoms with Crippen molar-refractivity contribution in [3.05, 3.63) is 66.0 Å². The minimum atomic E-state index is -1.80. The first-order valence-electron chi connectivity index (χ1n) is 12.7. The fraction of sp³-hybridized carbons (Fsp3) is 0.571. The molecule has 0 bridgehead atoms. The summed E-state index contributed by atoms with van der Waals surface area (Å²) in [4.78, 5) is 17.9. The lowest BCUT2D eigenvalue weighted by Gasteiger charge is -2.48. The van der Waals surface area contributed by atoms with Crippen LogP contribution in [-0.4, -0.2) is 48.2 Å². The van der Waals surface area contributed by atoms with E-state index in [0.29, 0.717) is 5.56 Å². The number of carbonyl (C=O) groups excluding carboxylic acids is 1. The Labute approximate surface area is 198 Å². The Bertz CT molecular complexity index is 885. The molecule has 1 saturated carbocycles. The molecule has 2 aliphatic rings. The summed E-state index contributed by atoms with van der Waals surface area (Å²) >= 11 is 0. The third-order valence-corrected chi connectivity index (χ3v) is 7.69. The van der Waals surface area contributed by atoms with E-state index >= 15 is 0 Å². The molecular formula is C28H38N2O3. The number of aryl methyl sites for hydroxylation is 1. The number of hydrogen-bond acceptors (Lipinski definition) is 4. The third kappa shape index (κ3) is 5.82. The molecule has 1 aromatic carbocycles. The number of rotatable bonds is 8. The van der Waals surface area contributed by atoms with Gasteiger partial charge in [-0.2, -0.15) is 0 Å². The zero-order chi connectivity index (χ0) is 23.2. The Hall–Kier alpha value is -2.24. The molecule has 1 saturated heterocycles. The lowest BCUT2D eigenvalue weighted by molar-refractivity contribution is -0.917. The molecule has 1 aromatic heterocycles. The van der Waals surface area contributed by atoms with Gasteiger partial charge in [-0.1, -0.05) is 68.5 Å². The van der Waals surface area contributed by atoms with Crippen LogP contribution in [0.25, 0.3) is 0 Å². The Morgan fingerprint density at radius 2 is 1.82 bits per heavy atom. The van der Waals surface area contributed by atoms with Crippen LogP contribution in [0.5, 0.6) is 0 Å². The van der Waals surface area contributed by atoms with Gasteiger partial charge in [-0.15, -0.1) is 0 Å². The molecule has 2 fully saturated rings. The van der Waals surface area contributed by atoms with E-state index < -0.39 is 11.6 Å². The number of benzene rings is 1. The molecule has 0 N–H and O–H groups in total. The number of pyridine rings is 1. The quantitative estimate of drug-likeness (QED) is 0.450. The third-order valence-electron chi connectivity index (χ3n) is 7.69. The van der Waals surface area contributed by atoms with Crippen LogP contribution in [0, 0.1) is 5.92 Å². The van der Waals surface area contributed by atoms with Gasteiger partial charge >= 0.3 is 5.97 Å². The van der Waals surface area contributed by atoms with Crippen molar-refractivity contribution >= 4 is 5.97 Å². The first-order valence-corrected chi connectivity index (χ1v) is 12.7. The smallest absolute Gasteiger partial charge is 0.300 e. The van der Waals surface area contributed by atoms with Gasteiger partial charge in [0, 0.05) is 30.3 Å². The predicted octanol–water partition coefficient (Wildman–Crippen LogP) is 4.00. The summed E-state index contributed by atoms with van der Waals surface area (Å²) in [6.45, 7) is 2.89. The van der Waals surface area contributed by atoms with Gasteiger partial charge in [0.1, 0.15) is 6.54 Å². The number of hydrogen-bond donors (Lipinski definition) is 0. The van der Waals surface area contributed by atoms with E-state index in [-0.39, 0.29) is 12.0 Å². The first kappa shape index (κ1) is 23.9. The molecule has 0 spiro atoms. The highest BCUT2D eigenvalue weighted by Gasteiger charge is 2.41. The average Bonchev–Trinajstić information content (AvgIpc) is 2.85. The summed E-state index contributed by atoms with van der Waals surface area (Å²) in [5, 5.41) is 14.2. The number of aromatic nitrogens is 1. The van der Waals surface area contributed by atoms with Crippen molar-refractivity contribution in [3.63, 3.8) is 0 Å². The largest absolute Gasteiger partial charge is 0.837 e. The number of likely N-dealkylation sites (N-methyl/N-ethyl adjacent to an activating group) is 1. The van der Waals surface area contributed by atoms with Crippen LogP contribution in [0.3, 0.4) is 0 Å². The number of carbonyl (C=O) groups is 1. The van der Waals surface area contributed by atoms with Crippen LogP contribution < -0.4 is 5.11 Å². The number of likely N-dealkylation sites (tertiary alicyclic amines) is 1. The highest BCUT2D eigenvalue weighted by Crippen LogP contribution is 2.39. The second kappa shape index (κ2) is 10.8. The van der Waals surface area contributed by atoms with Crippen molar-refractivity contribution in [2.75, 3.05) is 26.7 Å². The van der Waals surface area contributed by atoms with Gasteiger partial charge in [-0.25, -0.2) is 0 Å². The molecule has 1 aliphatic heterocycles. The Balaban J connectivity index is 1.41. The molecule has 0 radical (unpaired) electrons. The van der Waals surface area contributed by atoms with Gasteiger partial charge in [0.2, 0.25) is 0 Å². The lowest BCUT2D eigenvalue weighted by Crippen LogP contribution is -2.59. The summed E-state index contributed by atoms with van der Waals surface area (Å²) in [5.74, 6) is -0.753. The fourth-order valence-electron chi connectivity index (χ4n) is 5.82. The molecule has 3 atom stereocenters. The van der Waals surface area contributed by atoms with E-state index in [9.17, 15) is 9.90 Å². The maximum absolute atomic E-state index is 14.2. The van der Waals surface area contributed by atoms with E-state index in [1.54, 1.807) is 0 Å². The molecule has 2 aromatic rings. The zero-order valence-electron chi connectivity index (χ0n) is 20.0. The molecule has 5 nitrogen and oxygen atoms in total. The molecule has 2 unspecified atom stereocenters. The van der Waals surface area contributed by atoms with Crippen molar-refractivity contribution in [2.45, 2.75) is 69.5 Å². The van der Waals surface area contributed by atoms with E-state index in [2.05, 4.69) is 18.1 Å². The molecule has 0 amide bonds. The topological polar surface area (TPSA) is 62.2 Å². The Morgan fingerprint density at radius 3 is 2.55 bits per heavy atom. The first-order chi connectivity index (χ1) is 16.0. The van der Waals surface area contributed by atoms with Crippen LogP contribution in [-0.2, 0) is 21.6 Å². The SMILES string of the molecule is C[N@@+]1(CCCc2ccccn2)CCCC(OC(=O)C([O-])(c2ccccc2)C2CCCCC2)C1. The summed E-state index contributed by atoms with van der Waals surface area (Å²) in [6, 6.07) is 15.3. The van der Waals surface area contributed by atoms with Crippen LogP contribution in [0.1, 0.15) is 62.6 Å². The van der Waals surface area contributed by atoms with Crippen LogP contribution >= 0.6 is 0 Å². The van der Waals surface area contributed by atoms with Crippen molar-refractivity contribution in [2.24, 2.45) is 5.92 Å². The molecule has 2 heterocycles. The molecule has 33 heavy (non-hydrogen) atoms. The number of nitrogens with zero attached hydrogens (tertiary/aromatic N) is 2. The molecule has 1 aliphatic carbocycles. The maximum Gasteiger partial charge on any atom is 0.300 e. The van der Waals surface area contributed by atoms with Crippen molar-refractivity contribution < 1.29 is 19.1 Å². The summed E-state index contributed by atoms with van der Waals surface area (Å²) in [7, 11) is 2.25. The number of ether oxygens (including phenoxy) is 1. The number of piperidine rings is 1. The average molecular weight is 451 g/mol. The van der Waals surface area contributed by atoms with Crippen molar-refractivity contribution in [1.29, 1.82) is 0 Å². The molecule has 4 rings (SSSR count). The minimum Gasteiger partial charge on any atom is -0.837 e. The van der Waals surface area contributed by atoms with Crippen LogP contribution in [0.2, 0.25) is 0 Å². The predicted molar refractivity (Wildman–Crippen MR) is 127 cm³/mol. The minimum absolute atomic E-state index is 0.188. The second-order valence-corrected chi connectivity index (χ2v) is 10.3. The summed E-state index contributed by atoms with van der Waals surface area (Å²) in [6.07, 6.45) is 10.3.